The summed E-state index contributed by atoms with van der Waals surface area (Å²) < 4.78 is 10.8. The van der Waals surface area contributed by atoms with Crippen LogP contribution in [0.3, 0.4) is 0 Å². The molecule has 0 aliphatic heterocycles. The summed E-state index contributed by atoms with van der Waals surface area (Å²) in [6.07, 6.45) is 0.173. The molecule has 0 bridgehead atoms. The van der Waals surface area contributed by atoms with Crippen LogP contribution >= 0.6 is 0 Å². The largest absolute Gasteiger partial charge is 0.493 e. The highest BCUT2D eigenvalue weighted by Crippen LogP contribution is 2.25. The fraction of sp³-hybridized carbons (Fsp3) is 0.300. The molecule has 6 heteroatoms. The van der Waals surface area contributed by atoms with E-state index in [-0.39, 0.29) is 31.4 Å². The third-order valence-corrected chi connectivity index (χ3v) is 3.78. The number of hydrogen-bond acceptors (Lipinski definition) is 4. The lowest BCUT2D eigenvalue weighted by Gasteiger charge is -2.17. The van der Waals surface area contributed by atoms with E-state index >= 15 is 0 Å². The van der Waals surface area contributed by atoms with Gasteiger partial charge in [0, 0.05) is 12.7 Å². The van der Waals surface area contributed by atoms with Crippen LogP contribution in [0.25, 0.3) is 0 Å². The van der Waals surface area contributed by atoms with Crippen molar-refractivity contribution in [3.63, 3.8) is 0 Å². The highest BCUT2D eigenvalue weighted by molar-refractivity contribution is 5.94. The normalized spacial score (nSPS) is 10.1. The monoisotopic (exact) mass is 356 g/mol. The second-order valence-electron chi connectivity index (χ2n) is 5.91. The van der Waals surface area contributed by atoms with Gasteiger partial charge in [0.05, 0.1) is 26.7 Å². The summed E-state index contributed by atoms with van der Waals surface area (Å²) in [5.41, 5.74) is 1.83. The van der Waals surface area contributed by atoms with Gasteiger partial charge in [-0.1, -0.05) is 29.8 Å². The third kappa shape index (κ3) is 5.81. The Morgan fingerprint density at radius 2 is 1.69 bits per heavy atom. The average molecular weight is 356 g/mol. The maximum Gasteiger partial charge on any atom is 0.243 e. The van der Waals surface area contributed by atoms with Crippen molar-refractivity contribution in [1.82, 2.24) is 4.90 Å². The first-order valence-corrected chi connectivity index (χ1v) is 8.36. The molecule has 0 spiro atoms. The van der Waals surface area contributed by atoms with Gasteiger partial charge in [0.2, 0.25) is 11.8 Å². The Balaban J connectivity index is 1.76. The van der Waals surface area contributed by atoms with Crippen LogP contribution in [-0.2, 0) is 9.59 Å². The predicted molar refractivity (Wildman–Crippen MR) is 101 cm³/mol. The lowest BCUT2D eigenvalue weighted by Crippen LogP contribution is -2.35. The van der Waals surface area contributed by atoms with Gasteiger partial charge >= 0.3 is 0 Å². The van der Waals surface area contributed by atoms with Crippen molar-refractivity contribution in [2.24, 2.45) is 0 Å². The molecule has 0 saturated heterocycles. The number of carbonyl (C=O) groups excluding carboxylic acids is 2. The number of aryl methyl sites for hydroxylation is 1. The van der Waals surface area contributed by atoms with Crippen LogP contribution in [-0.4, -0.2) is 44.0 Å². The number of anilines is 1. The lowest BCUT2D eigenvalue weighted by atomic mass is 10.2. The van der Waals surface area contributed by atoms with E-state index in [1.807, 2.05) is 43.3 Å². The Morgan fingerprint density at radius 1 is 1.04 bits per heavy atom. The lowest BCUT2D eigenvalue weighted by molar-refractivity contribution is -0.133. The number of para-hydroxylation sites is 2. The van der Waals surface area contributed by atoms with E-state index in [1.54, 1.807) is 26.3 Å². The zero-order valence-electron chi connectivity index (χ0n) is 15.3. The topological polar surface area (TPSA) is 67.9 Å². The Labute approximate surface area is 153 Å². The number of amides is 2. The van der Waals surface area contributed by atoms with Gasteiger partial charge < -0.3 is 19.7 Å². The Hall–Kier alpha value is -3.02. The Morgan fingerprint density at radius 3 is 2.35 bits per heavy atom. The number of benzene rings is 2. The van der Waals surface area contributed by atoms with Gasteiger partial charge in [-0.15, -0.1) is 0 Å². The van der Waals surface area contributed by atoms with Crippen LogP contribution in [0.5, 0.6) is 11.5 Å². The zero-order chi connectivity index (χ0) is 18.9. The van der Waals surface area contributed by atoms with Crippen molar-refractivity contribution < 1.29 is 19.1 Å². The molecule has 0 aliphatic rings. The van der Waals surface area contributed by atoms with Gasteiger partial charge in [-0.25, -0.2) is 0 Å². The first-order chi connectivity index (χ1) is 12.5. The van der Waals surface area contributed by atoms with Crippen molar-refractivity contribution in [3.8, 4) is 11.5 Å². The predicted octanol–water partition coefficient (Wildman–Crippen LogP) is 2.87. The molecule has 0 atom stereocenters. The average Bonchev–Trinajstić information content (AvgIpc) is 2.63. The maximum atomic E-state index is 12.2. The van der Waals surface area contributed by atoms with Gasteiger partial charge in [0.15, 0.2) is 11.5 Å². The summed E-state index contributed by atoms with van der Waals surface area (Å²) >= 11 is 0. The molecule has 0 aliphatic carbocycles. The smallest absolute Gasteiger partial charge is 0.243 e. The molecular formula is C20H24N2O4. The molecule has 0 fully saturated rings. The van der Waals surface area contributed by atoms with Gasteiger partial charge in [-0.05, 0) is 31.2 Å². The SMILES string of the molecule is COc1ccccc1OCCC(=O)N(C)CC(=O)Nc1ccc(C)cc1. The summed E-state index contributed by atoms with van der Waals surface area (Å²) in [7, 11) is 3.16. The summed E-state index contributed by atoms with van der Waals surface area (Å²) in [5, 5.41) is 2.77. The molecule has 2 amide bonds. The molecule has 26 heavy (non-hydrogen) atoms. The highest BCUT2D eigenvalue weighted by atomic mass is 16.5. The molecule has 2 aromatic carbocycles. The fourth-order valence-electron chi connectivity index (χ4n) is 2.32. The number of likely N-dealkylation sites (N-methyl/N-ethyl adjacent to an activating group) is 1. The minimum atomic E-state index is -0.240. The Kier molecular flexibility index (Phi) is 7.02. The highest BCUT2D eigenvalue weighted by Gasteiger charge is 2.13. The standard InChI is InChI=1S/C20H24N2O4/c1-15-8-10-16(11-9-15)21-19(23)14-22(2)20(24)12-13-26-18-7-5-4-6-17(18)25-3/h4-11H,12-14H2,1-3H3,(H,21,23). The van der Waals surface area contributed by atoms with Crippen LogP contribution < -0.4 is 14.8 Å². The minimum Gasteiger partial charge on any atom is -0.493 e. The van der Waals surface area contributed by atoms with E-state index in [4.69, 9.17) is 9.47 Å². The minimum absolute atomic E-state index is 0.0125. The van der Waals surface area contributed by atoms with Crippen LogP contribution in [0.2, 0.25) is 0 Å². The molecule has 2 aromatic rings. The van der Waals surface area contributed by atoms with Crippen molar-refractivity contribution in [1.29, 1.82) is 0 Å². The van der Waals surface area contributed by atoms with Crippen LogP contribution in [0.4, 0.5) is 5.69 Å². The summed E-state index contributed by atoms with van der Waals surface area (Å²) in [5.74, 6) is 0.794. The number of methoxy groups -OCH3 is 1. The molecule has 2 rings (SSSR count). The van der Waals surface area contributed by atoms with E-state index in [9.17, 15) is 9.59 Å². The van der Waals surface area contributed by atoms with Crippen molar-refractivity contribution >= 4 is 17.5 Å². The van der Waals surface area contributed by atoms with Gasteiger partial charge in [-0.3, -0.25) is 9.59 Å². The summed E-state index contributed by atoms with van der Waals surface area (Å²) in [6.45, 7) is 2.18. The summed E-state index contributed by atoms with van der Waals surface area (Å²) in [6, 6.07) is 14.7. The third-order valence-electron chi connectivity index (χ3n) is 3.78. The number of carbonyl (C=O) groups is 2. The molecular weight excluding hydrogens is 332 g/mol. The number of hydrogen-bond donors (Lipinski definition) is 1. The van der Waals surface area contributed by atoms with Crippen LogP contribution in [0, 0.1) is 6.92 Å². The Bertz CT molecular complexity index is 744. The van der Waals surface area contributed by atoms with E-state index in [2.05, 4.69) is 5.32 Å². The van der Waals surface area contributed by atoms with Gasteiger partial charge in [0.1, 0.15) is 0 Å². The van der Waals surface area contributed by atoms with Crippen molar-refractivity contribution in [2.45, 2.75) is 13.3 Å². The molecule has 1 N–H and O–H groups in total. The van der Waals surface area contributed by atoms with E-state index in [0.29, 0.717) is 17.2 Å². The number of nitrogens with one attached hydrogen (secondary N) is 1. The molecule has 138 valence electrons. The fourth-order valence-corrected chi connectivity index (χ4v) is 2.32. The zero-order valence-corrected chi connectivity index (χ0v) is 15.3. The molecule has 0 radical (unpaired) electrons. The van der Waals surface area contributed by atoms with E-state index in [1.165, 1.54) is 4.90 Å². The quantitative estimate of drug-likeness (QED) is 0.790. The molecule has 0 aromatic heterocycles. The maximum absolute atomic E-state index is 12.2. The second-order valence-corrected chi connectivity index (χ2v) is 5.91. The van der Waals surface area contributed by atoms with E-state index < -0.39 is 0 Å². The van der Waals surface area contributed by atoms with Crippen molar-refractivity contribution in [2.75, 3.05) is 32.6 Å². The first-order valence-electron chi connectivity index (χ1n) is 8.36. The second kappa shape index (κ2) is 9.46. The van der Waals surface area contributed by atoms with Crippen molar-refractivity contribution in [3.05, 3.63) is 54.1 Å². The van der Waals surface area contributed by atoms with Crippen LogP contribution in [0.15, 0.2) is 48.5 Å². The molecule has 0 saturated carbocycles. The molecule has 0 unspecified atom stereocenters. The van der Waals surface area contributed by atoms with Crippen LogP contribution in [0.1, 0.15) is 12.0 Å². The van der Waals surface area contributed by atoms with E-state index in [0.717, 1.165) is 5.56 Å². The molecule has 0 heterocycles. The van der Waals surface area contributed by atoms with Gasteiger partial charge in [0.25, 0.3) is 0 Å². The number of ether oxygens (including phenoxy) is 2. The molecule has 6 nitrogen and oxygen atoms in total. The first kappa shape index (κ1) is 19.3. The van der Waals surface area contributed by atoms with Gasteiger partial charge in [-0.2, -0.15) is 0 Å². The number of nitrogens with zero attached hydrogens (tertiary/aromatic N) is 1. The summed E-state index contributed by atoms with van der Waals surface area (Å²) in [4.78, 5) is 25.6. The number of rotatable bonds is 8.